The number of nitrogens with one attached hydrogen (secondary N) is 3. The van der Waals surface area contributed by atoms with E-state index in [1.54, 1.807) is 0 Å². The van der Waals surface area contributed by atoms with Gasteiger partial charge in [0.15, 0.2) is 0 Å². The summed E-state index contributed by atoms with van der Waals surface area (Å²) in [6.07, 6.45) is 22.9. The van der Waals surface area contributed by atoms with E-state index < -0.39 is 7.82 Å². The Morgan fingerprint density at radius 2 is 0.578 bits per heavy atom. The maximum atomic E-state index is 8.88. The lowest BCUT2D eigenvalue weighted by Crippen LogP contribution is -2.29. The fourth-order valence-electron chi connectivity index (χ4n) is 4.69. The molecule has 0 aliphatic heterocycles. The van der Waals surface area contributed by atoms with Gasteiger partial charge in [-0.1, -0.05) is 186 Å². The summed E-state index contributed by atoms with van der Waals surface area (Å²) >= 11 is 0. The smallest absolute Gasteiger partial charge is 0.330 e. The van der Waals surface area contributed by atoms with Crippen molar-refractivity contribution in [1.29, 1.82) is 0 Å². The average molecular weight is 671 g/mol. The molecule has 45 heavy (non-hydrogen) atoms. The van der Waals surface area contributed by atoms with Gasteiger partial charge in [0.1, 0.15) is 0 Å². The Morgan fingerprint density at radius 1 is 0.422 bits per heavy atom. The monoisotopic (exact) mass is 671 g/mol. The van der Waals surface area contributed by atoms with E-state index in [0.717, 1.165) is 6.54 Å². The highest BCUT2D eigenvalue weighted by molar-refractivity contribution is 7.45. The molecule has 0 unspecified atom stereocenters. The standard InChI is InChI=1S/C18H39N.3C6H15N.H3O4P/c1-2-3-4-5-6-7-8-9-10-11-12-13-14-15-16-17-18-19;3*1-5(2)7-6(3)4;1-5(2,3)4/h2-19H2,1H3;3*5-7H,1-4H3;(H3,1,2,3,4). The molecule has 0 radical (unpaired) electrons. The molecule has 0 saturated carbocycles. The molecule has 0 saturated heterocycles. The number of unbranched alkanes of at least 4 members (excludes halogenated alkanes) is 15. The van der Waals surface area contributed by atoms with E-state index in [-0.39, 0.29) is 0 Å². The van der Waals surface area contributed by atoms with Crippen LogP contribution in [0.25, 0.3) is 0 Å². The predicted octanol–water partition coefficient (Wildman–Crippen LogP) is 9.46. The second-order valence-corrected chi connectivity index (χ2v) is 15.1. The second kappa shape index (κ2) is 42.0. The third-order valence-electron chi connectivity index (χ3n) is 6.06. The molecule has 0 fully saturated rings. The van der Waals surface area contributed by atoms with E-state index >= 15 is 0 Å². The maximum absolute atomic E-state index is 8.88. The molecule has 0 spiro atoms. The van der Waals surface area contributed by atoms with E-state index in [4.69, 9.17) is 25.0 Å². The lowest BCUT2D eigenvalue weighted by Gasteiger charge is -2.10. The topological polar surface area (TPSA) is 140 Å². The molecule has 0 aliphatic rings. The first-order valence-electron chi connectivity index (χ1n) is 18.6. The van der Waals surface area contributed by atoms with Crippen molar-refractivity contribution in [3.63, 3.8) is 0 Å². The Morgan fingerprint density at radius 3 is 0.689 bits per heavy atom. The van der Waals surface area contributed by atoms with Crippen LogP contribution in [0.5, 0.6) is 0 Å². The molecular formula is C36H87N4O4P. The number of phosphoric acid groups is 1. The summed E-state index contributed by atoms with van der Waals surface area (Å²) < 4.78 is 8.88. The Hall–Kier alpha value is -0.0500. The highest BCUT2D eigenvalue weighted by Gasteiger charge is 2.00. The van der Waals surface area contributed by atoms with Crippen molar-refractivity contribution in [3.8, 4) is 0 Å². The van der Waals surface area contributed by atoms with E-state index in [2.05, 4.69) is 106 Å². The fourth-order valence-corrected chi connectivity index (χ4v) is 4.69. The summed E-state index contributed by atoms with van der Waals surface area (Å²) in [5, 5.41) is 9.92. The average Bonchev–Trinajstić information content (AvgIpc) is 2.84. The fraction of sp³-hybridized carbons (Fsp3) is 1.00. The van der Waals surface area contributed by atoms with Crippen molar-refractivity contribution in [2.24, 2.45) is 5.73 Å². The lowest BCUT2D eigenvalue weighted by molar-refractivity contribution is 0.275. The number of rotatable bonds is 22. The van der Waals surface area contributed by atoms with Crippen molar-refractivity contribution in [1.82, 2.24) is 16.0 Å². The third-order valence-corrected chi connectivity index (χ3v) is 6.06. The van der Waals surface area contributed by atoms with Gasteiger partial charge in [-0.05, 0) is 13.0 Å². The van der Waals surface area contributed by atoms with Crippen molar-refractivity contribution >= 4 is 7.82 Å². The molecule has 8 N–H and O–H groups in total. The van der Waals surface area contributed by atoms with Crippen molar-refractivity contribution in [2.75, 3.05) is 6.54 Å². The largest absolute Gasteiger partial charge is 0.466 e. The normalized spacial score (nSPS) is 11.2. The van der Waals surface area contributed by atoms with Gasteiger partial charge in [0, 0.05) is 36.3 Å². The number of nitrogens with two attached hydrogens (primary N) is 1. The van der Waals surface area contributed by atoms with Crippen LogP contribution in [0.3, 0.4) is 0 Å². The molecule has 0 atom stereocenters. The summed E-state index contributed by atoms with van der Waals surface area (Å²) in [6, 6.07) is 3.75. The van der Waals surface area contributed by atoms with Gasteiger partial charge in [0.25, 0.3) is 0 Å². The van der Waals surface area contributed by atoms with Crippen molar-refractivity contribution in [2.45, 2.75) is 229 Å². The maximum Gasteiger partial charge on any atom is 0.466 e. The molecule has 0 rings (SSSR count). The Kier molecular flexibility index (Phi) is 50.7. The van der Waals surface area contributed by atoms with Gasteiger partial charge < -0.3 is 36.4 Å². The van der Waals surface area contributed by atoms with Crippen LogP contribution in [0.1, 0.15) is 193 Å². The lowest BCUT2D eigenvalue weighted by atomic mass is 10.0. The molecule has 9 heteroatoms. The first-order valence-corrected chi connectivity index (χ1v) is 20.1. The molecule has 0 aromatic heterocycles. The summed E-state index contributed by atoms with van der Waals surface area (Å²) in [5.74, 6) is 0. The number of hydrogen-bond donors (Lipinski definition) is 7. The van der Waals surface area contributed by atoms with Crippen LogP contribution in [0.15, 0.2) is 0 Å². The Balaban J connectivity index is -0.000000169. The van der Waals surface area contributed by atoms with Gasteiger partial charge in [0.05, 0.1) is 0 Å². The van der Waals surface area contributed by atoms with Gasteiger partial charge >= 0.3 is 7.82 Å². The first kappa shape index (κ1) is 54.4. The van der Waals surface area contributed by atoms with E-state index in [9.17, 15) is 0 Å². The first-order chi connectivity index (χ1) is 20.8. The third kappa shape index (κ3) is 99.0. The Bertz CT molecular complexity index is 482. The van der Waals surface area contributed by atoms with Crippen LogP contribution in [-0.2, 0) is 4.57 Å². The summed E-state index contributed by atoms with van der Waals surface area (Å²) in [5.41, 5.74) is 5.48. The zero-order chi connectivity index (χ0) is 36.1. The van der Waals surface area contributed by atoms with Gasteiger partial charge in [-0.3, -0.25) is 0 Å². The predicted molar refractivity (Wildman–Crippen MR) is 203 cm³/mol. The highest BCUT2D eigenvalue weighted by Crippen LogP contribution is 2.25. The van der Waals surface area contributed by atoms with E-state index in [1.165, 1.54) is 103 Å². The highest BCUT2D eigenvalue weighted by atomic mass is 31.2. The summed E-state index contributed by atoms with van der Waals surface area (Å²) in [4.78, 5) is 21.6. The van der Waals surface area contributed by atoms with Gasteiger partial charge in [-0.2, -0.15) is 0 Å². The van der Waals surface area contributed by atoms with Gasteiger partial charge in [-0.15, -0.1) is 0 Å². The molecular weight excluding hydrogens is 583 g/mol. The van der Waals surface area contributed by atoms with Crippen LogP contribution in [0.2, 0.25) is 0 Å². The van der Waals surface area contributed by atoms with E-state index in [1.807, 2.05) is 0 Å². The zero-order valence-corrected chi connectivity index (χ0v) is 33.7. The summed E-state index contributed by atoms with van der Waals surface area (Å²) in [6.45, 7) is 29.0. The molecule has 0 aromatic rings. The molecule has 8 nitrogen and oxygen atoms in total. The second-order valence-electron chi connectivity index (χ2n) is 14.0. The van der Waals surface area contributed by atoms with E-state index in [0.29, 0.717) is 36.3 Å². The van der Waals surface area contributed by atoms with Crippen molar-refractivity contribution in [3.05, 3.63) is 0 Å². The minimum absolute atomic E-state index is 0.625. The molecule has 0 heterocycles. The summed E-state index contributed by atoms with van der Waals surface area (Å²) in [7, 11) is -4.64. The SMILES string of the molecule is CC(C)NC(C)C.CC(C)NC(C)C.CC(C)NC(C)C.CCCCCCCCCCCCCCCCCCN.O=P(O)(O)O. The van der Waals surface area contributed by atoms with Crippen LogP contribution in [0.4, 0.5) is 0 Å². The number of hydrogen-bond acceptors (Lipinski definition) is 5. The van der Waals surface area contributed by atoms with Crippen LogP contribution in [-0.4, -0.2) is 57.5 Å². The quantitative estimate of drug-likeness (QED) is 0.0446. The minimum atomic E-state index is -4.64. The van der Waals surface area contributed by atoms with Crippen LogP contribution >= 0.6 is 7.82 Å². The molecule has 0 aromatic carbocycles. The van der Waals surface area contributed by atoms with Crippen LogP contribution in [0, 0.1) is 0 Å². The van der Waals surface area contributed by atoms with Crippen LogP contribution < -0.4 is 21.7 Å². The molecule has 0 bridgehead atoms. The molecule has 0 amide bonds. The van der Waals surface area contributed by atoms with Gasteiger partial charge in [-0.25, -0.2) is 4.57 Å². The molecule has 280 valence electrons. The van der Waals surface area contributed by atoms with Gasteiger partial charge in [0.2, 0.25) is 0 Å². The Labute approximate surface area is 283 Å². The van der Waals surface area contributed by atoms with Crippen molar-refractivity contribution < 1.29 is 19.2 Å². The minimum Gasteiger partial charge on any atom is -0.330 e. The molecule has 0 aliphatic carbocycles. The zero-order valence-electron chi connectivity index (χ0n) is 32.8.